The van der Waals surface area contributed by atoms with E-state index in [1.54, 1.807) is 12.1 Å². The van der Waals surface area contributed by atoms with Gasteiger partial charge in [0.05, 0.1) is 11.6 Å². The molecule has 2 N–H and O–H groups in total. The van der Waals surface area contributed by atoms with Gasteiger partial charge in [-0.3, -0.25) is 4.57 Å². The second-order valence-electron chi connectivity index (χ2n) is 8.52. The van der Waals surface area contributed by atoms with Gasteiger partial charge in [-0.25, -0.2) is 19.0 Å². The summed E-state index contributed by atoms with van der Waals surface area (Å²) in [5.41, 5.74) is 10.4. The van der Waals surface area contributed by atoms with Gasteiger partial charge in [0.2, 0.25) is 0 Å². The van der Waals surface area contributed by atoms with Gasteiger partial charge in [0.15, 0.2) is 23.0 Å². The van der Waals surface area contributed by atoms with Crippen LogP contribution < -0.4 is 10.5 Å². The largest absolute Gasteiger partial charge is 0.486 e. The van der Waals surface area contributed by atoms with E-state index in [2.05, 4.69) is 40.8 Å². The average Bonchev–Trinajstić information content (AvgIpc) is 3.44. The highest BCUT2D eigenvalue weighted by atomic mass is 19.1. The van der Waals surface area contributed by atoms with Gasteiger partial charge in [0, 0.05) is 17.6 Å². The van der Waals surface area contributed by atoms with E-state index in [-0.39, 0.29) is 18.4 Å². The lowest BCUT2D eigenvalue weighted by molar-refractivity contribution is 0.342. The summed E-state index contributed by atoms with van der Waals surface area (Å²) in [7, 11) is 0. The van der Waals surface area contributed by atoms with Crippen molar-refractivity contribution in [1.82, 2.24) is 24.3 Å². The van der Waals surface area contributed by atoms with Crippen molar-refractivity contribution in [3.05, 3.63) is 84.6 Å². The molecule has 34 heavy (non-hydrogen) atoms. The Balaban J connectivity index is 1.49. The maximum atomic E-state index is 14.8. The van der Waals surface area contributed by atoms with Crippen LogP contribution in [0.1, 0.15) is 23.6 Å². The third-order valence-corrected chi connectivity index (χ3v) is 6.50. The van der Waals surface area contributed by atoms with Gasteiger partial charge in [-0.15, -0.1) is 0 Å². The zero-order chi connectivity index (χ0) is 23.2. The summed E-state index contributed by atoms with van der Waals surface area (Å²) in [5.74, 6) is 0.659. The third kappa shape index (κ3) is 3.22. The molecule has 170 valence electrons. The number of nitrogens with zero attached hydrogens (tertiary/aromatic N) is 5. The molecule has 0 saturated carbocycles. The Hall–Kier alpha value is -4.20. The molecule has 0 fully saturated rings. The van der Waals surface area contributed by atoms with E-state index >= 15 is 0 Å². The minimum atomic E-state index is -0.453. The van der Waals surface area contributed by atoms with Crippen molar-refractivity contribution < 1.29 is 9.13 Å². The molecule has 1 unspecified atom stereocenters. The van der Waals surface area contributed by atoms with E-state index in [0.29, 0.717) is 28.2 Å². The molecule has 2 aromatic carbocycles. The molecule has 1 atom stereocenters. The first-order valence-electron chi connectivity index (χ1n) is 11.2. The molecule has 0 spiro atoms. The van der Waals surface area contributed by atoms with E-state index in [4.69, 9.17) is 15.6 Å². The Morgan fingerprint density at radius 2 is 2.03 bits per heavy atom. The predicted octanol–water partition coefficient (Wildman–Crippen LogP) is 4.79. The van der Waals surface area contributed by atoms with Gasteiger partial charge < -0.3 is 10.5 Å². The number of nitrogens with two attached hydrogens (primary N) is 1. The molecule has 8 heteroatoms. The number of aryl methyl sites for hydroxylation is 1. The van der Waals surface area contributed by atoms with Crippen LogP contribution in [0.2, 0.25) is 0 Å². The van der Waals surface area contributed by atoms with Gasteiger partial charge in [0.25, 0.3) is 0 Å². The molecule has 3 heterocycles. The Bertz CT molecular complexity index is 1550. The maximum absolute atomic E-state index is 14.8. The molecule has 0 amide bonds. The minimum Gasteiger partial charge on any atom is -0.486 e. The molecule has 3 aromatic heterocycles. The summed E-state index contributed by atoms with van der Waals surface area (Å²) in [6.07, 6.45) is 7.69. The fraction of sp³-hybridized carbons (Fsp3) is 0.192. The van der Waals surface area contributed by atoms with Crippen molar-refractivity contribution in [1.29, 1.82) is 0 Å². The second kappa shape index (κ2) is 7.98. The van der Waals surface area contributed by atoms with Crippen molar-refractivity contribution in [2.24, 2.45) is 0 Å². The van der Waals surface area contributed by atoms with E-state index in [9.17, 15) is 4.39 Å². The first-order valence-corrected chi connectivity index (χ1v) is 11.2. The average molecular weight is 455 g/mol. The van der Waals surface area contributed by atoms with Crippen molar-refractivity contribution in [2.45, 2.75) is 25.3 Å². The van der Waals surface area contributed by atoms with Gasteiger partial charge in [-0.1, -0.05) is 36.9 Å². The highest BCUT2D eigenvalue weighted by molar-refractivity contribution is 5.95. The zero-order valence-electron chi connectivity index (χ0n) is 18.5. The third-order valence-electron chi connectivity index (χ3n) is 6.50. The van der Waals surface area contributed by atoms with Gasteiger partial charge in [-0.05, 0) is 42.5 Å². The Kier molecular flexibility index (Phi) is 4.79. The molecule has 7 nitrogen and oxygen atoms in total. The van der Waals surface area contributed by atoms with Gasteiger partial charge >= 0.3 is 0 Å². The van der Waals surface area contributed by atoms with Crippen LogP contribution >= 0.6 is 0 Å². The lowest BCUT2D eigenvalue weighted by atomic mass is 9.88. The quantitative estimate of drug-likeness (QED) is 0.386. The highest BCUT2D eigenvalue weighted by Gasteiger charge is 2.26. The number of anilines is 1. The molecular weight excluding hydrogens is 431 g/mol. The Morgan fingerprint density at radius 1 is 1.18 bits per heavy atom. The van der Waals surface area contributed by atoms with Crippen molar-refractivity contribution in [2.75, 3.05) is 12.3 Å². The molecule has 1 aliphatic carbocycles. The monoisotopic (exact) mass is 454 g/mol. The summed E-state index contributed by atoms with van der Waals surface area (Å²) in [6, 6.07) is 13.7. The van der Waals surface area contributed by atoms with E-state index < -0.39 is 5.82 Å². The van der Waals surface area contributed by atoms with Crippen LogP contribution in [0, 0.1) is 5.82 Å². The number of benzene rings is 2. The first kappa shape index (κ1) is 20.4. The fourth-order valence-electron chi connectivity index (χ4n) is 4.87. The number of halogens is 1. The van der Waals surface area contributed by atoms with Crippen molar-refractivity contribution >= 4 is 27.8 Å². The molecule has 6 rings (SSSR count). The summed E-state index contributed by atoms with van der Waals surface area (Å²) in [6.45, 7) is 3.85. The van der Waals surface area contributed by atoms with E-state index in [0.717, 1.165) is 24.6 Å². The molecular formula is C26H23FN6O. The standard InChI is InChI=1S/C26H23FN6O/c1-2-11-34-22-13-18-9-10-32(21(18)14-20(22)27)26-23-24(28)29-15-30-25(23)33(31-26)19-8-7-16-5-3-4-6-17(16)12-19/h2-6,9-10,13-15,19H,1,7-8,11-12H2,(H2,28,29,30). The van der Waals surface area contributed by atoms with Crippen LogP contribution in [0.25, 0.3) is 27.8 Å². The zero-order valence-corrected chi connectivity index (χ0v) is 18.5. The van der Waals surface area contributed by atoms with Crippen molar-refractivity contribution in [3.8, 4) is 11.6 Å². The summed E-state index contributed by atoms with van der Waals surface area (Å²) in [4.78, 5) is 8.76. The van der Waals surface area contributed by atoms with Gasteiger partial charge in [-0.2, -0.15) is 5.10 Å². The molecule has 1 aliphatic rings. The molecule has 5 aromatic rings. The second-order valence-corrected chi connectivity index (χ2v) is 8.52. The number of aromatic nitrogens is 5. The van der Waals surface area contributed by atoms with E-state index in [1.807, 2.05) is 21.5 Å². The van der Waals surface area contributed by atoms with Crippen LogP contribution in [0.5, 0.6) is 5.75 Å². The molecule has 0 saturated heterocycles. The number of nitrogen functional groups attached to an aromatic ring is 1. The fourth-order valence-corrected chi connectivity index (χ4v) is 4.87. The van der Waals surface area contributed by atoms with Crippen molar-refractivity contribution in [3.63, 3.8) is 0 Å². The maximum Gasteiger partial charge on any atom is 0.172 e. The highest BCUT2D eigenvalue weighted by Crippen LogP contribution is 2.35. The lowest BCUT2D eigenvalue weighted by Crippen LogP contribution is -2.20. The summed E-state index contributed by atoms with van der Waals surface area (Å²) >= 11 is 0. The number of hydrogen-bond donors (Lipinski definition) is 1. The molecule has 0 radical (unpaired) electrons. The van der Waals surface area contributed by atoms with Crippen LogP contribution in [-0.4, -0.2) is 30.9 Å². The lowest BCUT2D eigenvalue weighted by Gasteiger charge is -2.25. The number of hydrogen-bond acceptors (Lipinski definition) is 5. The van der Waals surface area contributed by atoms with E-state index in [1.165, 1.54) is 23.5 Å². The first-order chi connectivity index (χ1) is 16.6. The Labute approximate surface area is 195 Å². The van der Waals surface area contributed by atoms with Crippen LogP contribution in [0.4, 0.5) is 10.2 Å². The number of rotatable bonds is 5. The molecule has 0 aliphatic heterocycles. The van der Waals surface area contributed by atoms with Crippen LogP contribution in [0.15, 0.2) is 67.6 Å². The van der Waals surface area contributed by atoms with Gasteiger partial charge in [0.1, 0.15) is 24.1 Å². The summed E-state index contributed by atoms with van der Waals surface area (Å²) in [5, 5.41) is 6.45. The smallest absolute Gasteiger partial charge is 0.172 e. The predicted molar refractivity (Wildman–Crippen MR) is 130 cm³/mol. The Morgan fingerprint density at radius 3 is 2.88 bits per heavy atom. The minimum absolute atomic E-state index is 0.137. The topological polar surface area (TPSA) is 83.8 Å². The molecule has 0 bridgehead atoms. The number of fused-ring (bicyclic) bond motifs is 3. The number of ether oxygens (including phenoxy) is 1. The van der Waals surface area contributed by atoms with Crippen LogP contribution in [-0.2, 0) is 12.8 Å². The summed E-state index contributed by atoms with van der Waals surface area (Å²) < 4.78 is 24.0. The normalized spacial score (nSPS) is 15.5. The SMILES string of the molecule is C=CCOc1cc2ccn(-c3nn(C4CCc5ccccc5C4)c4ncnc(N)c34)c2cc1F. The van der Waals surface area contributed by atoms with Crippen LogP contribution in [0.3, 0.4) is 0 Å².